The number of halogens is 3. The molecule has 0 amide bonds. The fraction of sp³-hybridized carbons (Fsp3) is 0.556. The maximum atomic E-state index is 12.6. The van der Waals surface area contributed by atoms with E-state index < -0.39 is 17.7 Å². The van der Waals surface area contributed by atoms with Gasteiger partial charge in [0.15, 0.2) is 0 Å². The highest BCUT2D eigenvalue weighted by molar-refractivity contribution is 4.97. The van der Waals surface area contributed by atoms with Crippen LogP contribution < -0.4 is 0 Å². The van der Waals surface area contributed by atoms with Crippen molar-refractivity contribution in [3.63, 3.8) is 0 Å². The van der Waals surface area contributed by atoms with Gasteiger partial charge >= 0.3 is 0 Å². The van der Waals surface area contributed by atoms with E-state index in [0.29, 0.717) is 12.3 Å². The second kappa shape index (κ2) is 3.55. The zero-order valence-electron chi connectivity index (χ0n) is 7.43. The van der Waals surface area contributed by atoms with Gasteiger partial charge in [0.1, 0.15) is 5.82 Å². The molecule has 0 saturated heterocycles. The van der Waals surface area contributed by atoms with Crippen molar-refractivity contribution in [1.29, 1.82) is 0 Å². The van der Waals surface area contributed by atoms with Crippen molar-refractivity contribution in [2.75, 3.05) is 0 Å². The predicted octanol–water partition coefficient (Wildman–Crippen LogP) is 2.24. The van der Waals surface area contributed by atoms with Gasteiger partial charge in [-0.15, -0.1) is 0 Å². The van der Waals surface area contributed by atoms with E-state index >= 15 is 0 Å². The maximum Gasteiger partial charge on any atom is 0.255 e. The summed E-state index contributed by atoms with van der Waals surface area (Å²) in [5.41, 5.74) is 0. The molecule has 2 rings (SSSR count). The fourth-order valence-corrected chi connectivity index (χ4v) is 1.29. The Hall–Kier alpha value is -1.13. The molecule has 0 atom stereocenters. The molecule has 0 aliphatic heterocycles. The Kier molecular flexibility index (Phi) is 2.39. The Morgan fingerprint density at radius 2 is 1.64 bits per heavy atom. The van der Waals surface area contributed by atoms with Gasteiger partial charge in [0, 0.05) is 6.42 Å². The van der Waals surface area contributed by atoms with Gasteiger partial charge in [-0.1, -0.05) is 12.8 Å². The van der Waals surface area contributed by atoms with Gasteiger partial charge in [0.05, 0.1) is 0 Å². The normalized spacial score (nSPS) is 15.9. The fourth-order valence-electron chi connectivity index (χ4n) is 1.29. The summed E-state index contributed by atoms with van der Waals surface area (Å²) >= 11 is 0. The molecule has 1 heterocycles. The SMILES string of the molecule is Fc1nc(CCC2CC2)nc(F)c1F. The molecule has 1 aromatic rings. The molecular formula is C9H9F3N2. The summed E-state index contributed by atoms with van der Waals surface area (Å²) in [7, 11) is 0. The lowest BCUT2D eigenvalue weighted by Gasteiger charge is -2.00. The average molecular weight is 202 g/mol. The zero-order chi connectivity index (χ0) is 10.1. The number of aryl methyl sites for hydroxylation is 1. The van der Waals surface area contributed by atoms with Crippen molar-refractivity contribution in [2.45, 2.75) is 25.7 Å². The quantitative estimate of drug-likeness (QED) is 0.702. The molecule has 0 unspecified atom stereocenters. The molecule has 1 saturated carbocycles. The maximum absolute atomic E-state index is 12.6. The van der Waals surface area contributed by atoms with E-state index in [9.17, 15) is 13.2 Å². The first-order valence-corrected chi connectivity index (χ1v) is 4.54. The van der Waals surface area contributed by atoms with Crippen LogP contribution in [0.5, 0.6) is 0 Å². The molecule has 0 spiro atoms. The van der Waals surface area contributed by atoms with E-state index in [0.717, 1.165) is 19.3 Å². The average Bonchev–Trinajstić information content (AvgIpc) is 2.94. The van der Waals surface area contributed by atoms with Crippen molar-refractivity contribution in [1.82, 2.24) is 9.97 Å². The lowest BCUT2D eigenvalue weighted by atomic mass is 10.2. The summed E-state index contributed by atoms with van der Waals surface area (Å²) in [6.45, 7) is 0. The van der Waals surface area contributed by atoms with Crippen LogP contribution in [0.2, 0.25) is 0 Å². The van der Waals surface area contributed by atoms with Gasteiger partial charge in [0.2, 0.25) is 5.82 Å². The monoisotopic (exact) mass is 202 g/mol. The van der Waals surface area contributed by atoms with Crippen LogP contribution in [0, 0.1) is 23.6 Å². The van der Waals surface area contributed by atoms with E-state index in [4.69, 9.17) is 0 Å². The van der Waals surface area contributed by atoms with Crippen molar-refractivity contribution in [3.8, 4) is 0 Å². The first-order chi connectivity index (χ1) is 6.66. The van der Waals surface area contributed by atoms with Crippen molar-refractivity contribution in [3.05, 3.63) is 23.5 Å². The lowest BCUT2D eigenvalue weighted by molar-refractivity contribution is 0.398. The Labute approximate surface area is 79.2 Å². The first-order valence-electron chi connectivity index (χ1n) is 4.54. The molecule has 0 N–H and O–H groups in total. The minimum atomic E-state index is -1.60. The molecular weight excluding hydrogens is 193 g/mol. The van der Waals surface area contributed by atoms with E-state index in [1.54, 1.807) is 0 Å². The highest BCUT2D eigenvalue weighted by atomic mass is 19.2. The van der Waals surface area contributed by atoms with Crippen LogP contribution >= 0.6 is 0 Å². The summed E-state index contributed by atoms with van der Waals surface area (Å²) < 4.78 is 37.7. The summed E-state index contributed by atoms with van der Waals surface area (Å²) in [5, 5.41) is 0. The number of aromatic nitrogens is 2. The van der Waals surface area contributed by atoms with Crippen LogP contribution in [0.25, 0.3) is 0 Å². The van der Waals surface area contributed by atoms with Gasteiger partial charge in [0.25, 0.3) is 11.9 Å². The Morgan fingerprint density at radius 1 is 1.07 bits per heavy atom. The third-order valence-corrected chi connectivity index (χ3v) is 2.29. The molecule has 1 aliphatic rings. The van der Waals surface area contributed by atoms with Gasteiger partial charge in [-0.25, -0.2) is 9.97 Å². The standard InChI is InChI=1S/C9H9F3N2/c10-7-8(11)13-6(14-9(7)12)4-3-5-1-2-5/h5H,1-4H2. The summed E-state index contributed by atoms with van der Waals surface area (Å²) in [6.07, 6.45) is 3.56. The van der Waals surface area contributed by atoms with Gasteiger partial charge in [-0.05, 0) is 12.3 Å². The summed E-state index contributed by atoms with van der Waals surface area (Å²) in [6, 6.07) is 0. The molecule has 5 heteroatoms. The Morgan fingerprint density at radius 3 is 2.14 bits per heavy atom. The van der Waals surface area contributed by atoms with Crippen LogP contribution in [-0.2, 0) is 6.42 Å². The molecule has 14 heavy (non-hydrogen) atoms. The van der Waals surface area contributed by atoms with Crippen LogP contribution in [0.4, 0.5) is 13.2 Å². The number of nitrogens with zero attached hydrogens (tertiary/aromatic N) is 2. The minimum Gasteiger partial charge on any atom is -0.202 e. The van der Waals surface area contributed by atoms with Crippen LogP contribution in [0.1, 0.15) is 25.1 Å². The smallest absolute Gasteiger partial charge is 0.202 e. The number of hydrogen-bond acceptors (Lipinski definition) is 2. The van der Waals surface area contributed by atoms with Crippen molar-refractivity contribution in [2.24, 2.45) is 5.92 Å². The third kappa shape index (κ3) is 2.02. The van der Waals surface area contributed by atoms with Crippen LogP contribution in [0.15, 0.2) is 0 Å². The van der Waals surface area contributed by atoms with E-state index in [-0.39, 0.29) is 5.82 Å². The van der Waals surface area contributed by atoms with E-state index in [2.05, 4.69) is 9.97 Å². The molecule has 1 aromatic heterocycles. The van der Waals surface area contributed by atoms with Gasteiger partial charge < -0.3 is 0 Å². The third-order valence-electron chi connectivity index (χ3n) is 2.29. The minimum absolute atomic E-state index is 0.0494. The predicted molar refractivity (Wildman–Crippen MR) is 43.0 cm³/mol. The first kappa shape index (κ1) is 9.43. The molecule has 0 radical (unpaired) electrons. The van der Waals surface area contributed by atoms with E-state index in [1.807, 2.05) is 0 Å². The summed E-state index contributed by atoms with van der Waals surface area (Å²) in [4.78, 5) is 6.48. The largest absolute Gasteiger partial charge is 0.255 e. The van der Waals surface area contributed by atoms with Crippen molar-refractivity contribution < 1.29 is 13.2 Å². The van der Waals surface area contributed by atoms with Crippen LogP contribution in [0.3, 0.4) is 0 Å². The summed E-state index contributed by atoms with van der Waals surface area (Å²) in [5.74, 6) is -3.71. The Bertz CT molecular complexity index is 327. The number of rotatable bonds is 3. The topological polar surface area (TPSA) is 25.8 Å². The van der Waals surface area contributed by atoms with Gasteiger partial charge in [-0.2, -0.15) is 13.2 Å². The lowest BCUT2D eigenvalue weighted by Crippen LogP contribution is -2.05. The molecule has 0 aromatic carbocycles. The second-order valence-corrected chi connectivity index (χ2v) is 3.52. The highest BCUT2D eigenvalue weighted by Crippen LogP contribution is 2.33. The van der Waals surface area contributed by atoms with Crippen LogP contribution in [-0.4, -0.2) is 9.97 Å². The second-order valence-electron chi connectivity index (χ2n) is 3.52. The highest BCUT2D eigenvalue weighted by Gasteiger charge is 2.22. The molecule has 2 nitrogen and oxygen atoms in total. The molecule has 1 fully saturated rings. The molecule has 76 valence electrons. The molecule has 0 bridgehead atoms. The molecule has 1 aliphatic carbocycles. The Balaban J connectivity index is 2.08. The number of hydrogen-bond donors (Lipinski definition) is 0. The van der Waals surface area contributed by atoms with Crippen molar-refractivity contribution >= 4 is 0 Å². The van der Waals surface area contributed by atoms with Gasteiger partial charge in [-0.3, -0.25) is 0 Å². The zero-order valence-corrected chi connectivity index (χ0v) is 7.43. The van der Waals surface area contributed by atoms with E-state index in [1.165, 1.54) is 0 Å².